The van der Waals surface area contributed by atoms with Crippen LogP contribution < -0.4 is 5.32 Å². The maximum absolute atomic E-state index is 11.9. The summed E-state index contributed by atoms with van der Waals surface area (Å²) in [5.74, 6) is -0.119. The lowest BCUT2D eigenvalue weighted by atomic mass is 9.92. The second-order valence-corrected chi connectivity index (χ2v) is 5.68. The minimum absolute atomic E-state index is 0.0134. The third-order valence-electron chi connectivity index (χ3n) is 3.87. The molecule has 0 spiro atoms. The Hall–Kier alpha value is -1.10. The molecule has 2 atom stereocenters. The lowest BCUT2D eigenvalue weighted by Gasteiger charge is -2.28. The van der Waals surface area contributed by atoms with Gasteiger partial charge in [0, 0.05) is 26.6 Å². The molecular weight excluding hydrogens is 232 g/mol. The minimum atomic E-state index is -0.894. The highest BCUT2D eigenvalue weighted by molar-refractivity contribution is 5.81. The van der Waals surface area contributed by atoms with E-state index in [1.165, 1.54) is 6.92 Å². The first-order valence-corrected chi connectivity index (χ1v) is 6.49. The summed E-state index contributed by atoms with van der Waals surface area (Å²) >= 11 is 0. The fourth-order valence-corrected chi connectivity index (χ4v) is 1.87. The molecule has 2 amide bonds. The van der Waals surface area contributed by atoms with Gasteiger partial charge in [-0.2, -0.15) is 0 Å². The van der Waals surface area contributed by atoms with Gasteiger partial charge in [0.1, 0.15) is 0 Å². The molecule has 0 aliphatic carbocycles. The zero-order chi connectivity index (χ0) is 13.9. The summed E-state index contributed by atoms with van der Waals surface area (Å²) in [6, 6.07) is 0. The van der Waals surface area contributed by atoms with Crippen LogP contribution in [0.2, 0.25) is 0 Å². The van der Waals surface area contributed by atoms with Crippen LogP contribution in [0.4, 0.5) is 0 Å². The van der Waals surface area contributed by atoms with Gasteiger partial charge in [-0.1, -0.05) is 13.8 Å². The van der Waals surface area contributed by atoms with Gasteiger partial charge in [-0.3, -0.25) is 9.59 Å². The summed E-state index contributed by atoms with van der Waals surface area (Å²) in [6.45, 7) is 8.45. The van der Waals surface area contributed by atoms with Crippen molar-refractivity contribution in [2.75, 3.05) is 19.6 Å². The van der Waals surface area contributed by atoms with Gasteiger partial charge in [-0.25, -0.2) is 0 Å². The third-order valence-corrected chi connectivity index (χ3v) is 3.87. The number of rotatable bonds is 4. The molecule has 104 valence electrons. The van der Waals surface area contributed by atoms with Crippen molar-refractivity contribution in [3.8, 4) is 0 Å². The number of carbonyl (C=O) groups excluding carboxylic acids is 2. The van der Waals surface area contributed by atoms with Crippen molar-refractivity contribution >= 4 is 11.8 Å². The summed E-state index contributed by atoms with van der Waals surface area (Å²) in [5, 5.41) is 12.8. The van der Waals surface area contributed by atoms with Gasteiger partial charge < -0.3 is 15.3 Å². The zero-order valence-electron chi connectivity index (χ0n) is 11.7. The van der Waals surface area contributed by atoms with Gasteiger partial charge in [0.15, 0.2) is 0 Å². The summed E-state index contributed by atoms with van der Waals surface area (Å²) in [5.41, 5.74) is -0.894. The van der Waals surface area contributed by atoms with E-state index >= 15 is 0 Å². The monoisotopic (exact) mass is 256 g/mol. The normalized spacial score (nSPS) is 23.0. The van der Waals surface area contributed by atoms with Crippen LogP contribution in [0, 0.1) is 11.8 Å². The highest BCUT2D eigenvalue weighted by Gasteiger charge is 2.31. The van der Waals surface area contributed by atoms with Crippen molar-refractivity contribution in [3.63, 3.8) is 0 Å². The molecule has 0 bridgehead atoms. The van der Waals surface area contributed by atoms with E-state index in [1.54, 1.807) is 11.8 Å². The largest absolute Gasteiger partial charge is 0.388 e. The van der Waals surface area contributed by atoms with Crippen LogP contribution in [0.3, 0.4) is 0 Å². The predicted molar refractivity (Wildman–Crippen MR) is 68.8 cm³/mol. The fourth-order valence-electron chi connectivity index (χ4n) is 1.87. The fraction of sp³-hybridized carbons (Fsp3) is 0.846. The van der Waals surface area contributed by atoms with E-state index in [9.17, 15) is 14.7 Å². The maximum atomic E-state index is 11.9. The summed E-state index contributed by atoms with van der Waals surface area (Å²) in [7, 11) is 0. The van der Waals surface area contributed by atoms with E-state index in [4.69, 9.17) is 0 Å². The lowest BCUT2D eigenvalue weighted by molar-refractivity contribution is -0.129. The Morgan fingerprint density at radius 3 is 2.56 bits per heavy atom. The first kappa shape index (κ1) is 15.0. The van der Waals surface area contributed by atoms with Crippen molar-refractivity contribution < 1.29 is 14.7 Å². The number of likely N-dealkylation sites (tertiary alicyclic amines) is 1. The molecule has 5 nitrogen and oxygen atoms in total. The molecule has 1 rings (SSSR count). The van der Waals surface area contributed by atoms with Crippen LogP contribution in [0.5, 0.6) is 0 Å². The molecule has 0 aromatic carbocycles. The number of hydrogen-bond donors (Lipinski definition) is 2. The second kappa shape index (κ2) is 5.69. The molecule has 2 unspecified atom stereocenters. The van der Waals surface area contributed by atoms with Crippen molar-refractivity contribution in [1.82, 2.24) is 10.2 Å². The Bertz CT molecular complexity index is 326. The van der Waals surface area contributed by atoms with Gasteiger partial charge in [-0.05, 0) is 19.3 Å². The molecule has 0 saturated carbocycles. The second-order valence-electron chi connectivity index (χ2n) is 5.68. The zero-order valence-corrected chi connectivity index (χ0v) is 11.7. The smallest absolute Gasteiger partial charge is 0.225 e. The summed E-state index contributed by atoms with van der Waals surface area (Å²) in [6.07, 6.45) is 0.704. The standard InChI is InChI=1S/C13H24N2O3/c1-9(2)13(4,18)8-14-12(17)11-5-6-15(7-11)10(3)16/h9,11,18H,5-8H2,1-4H3,(H,14,17). The first-order valence-electron chi connectivity index (χ1n) is 6.49. The van der Waals surface area contributed by atoms with E-state index in [-0.39, 0.29) is 30.2 Å². The molecular formula is C13H24N2O3. The Kier molecular flexibility index (Phi) is 4.73. The van der Waals surface area contributed by atoms with E-state index in [1.807, 2.05) is 13.8 Å². The SMILES string of the molecule is CC(=O)N1CCC(C(=O)NCC(C)(O)C(C)C)C1. The molecule has 1 fully saturated rings. The summed E-state index contributed by atoms with van der Waals surface area (Å²) < 4.78 is 0. The Morgan fingerprint density at radius 1 is 1.50 bits per heavy atom. The number of amides is 2. The van der Waals surface area contributed by atoms with Crippen LogP contribution in [-0.4, -0.2) is 47.1 Å². The maximum Gasteiger partial charge on any atom is 0.225 e. The van der Waals surface area contributed by atoms with Crippen LogP contribution >= 0.6 is 0 Å². The van der Waals surface area contributed by atoms with Crippen LogP contribution in [0.25, 0.3) is 0 Å². The molecule has 0 aromatic rings. The number of carbonyl (C=O) groups is 2. The highest BCUT2D eigenvalue weighted by Crippen LogP contribution is 2.18. The van der Waals surface area contributed by atoms with Crippen LogP contribution in [0.15, 0.2) is 0 Å². The average molecular weight is 256 g/mol. The molecule has 0 aromatic heterocycles. The molecule has 1 aliphatic heterocycles. The Balaban J connectivity index is 2.41. The molecule has 0 radical (unpaired) electrons. The summed E-state index contributed by atoms with van der Waals surface area (Å²) in [4.78, 5) is 24.8. The molecule has 1 aliphatic rings. The predicted octanol–water partition coefficient (Wildman–Crippen LogP) is 0.378. The van der Waals surface area contributed by atoms with Gasteiger partial charge in [0.25, 0.3) is 0 Å². The van der Waals surface area contributed by atoms with Crippen molar-refractivity contribution in [3.05, 3.63) is 0 Å². The van der Waals surface area contributed by atoms with E-state index in [0.29, 0.717) is 19.5 Å². The number of aliphatic hydroxyl groups is 1. The van der Waals surface area contributed by atoms with E-state index < -0.39 is 5.60 Å². The third kappa shape index (κ3) is 3.70. The van der Waals surface area contributed by atoms with Gasteiger partial charge in [0.2, 0.25) is 11.8 Å². The van der Waals surface area contributed by atoms with E-state index in [0.717, 1.165) is 0 Å². The van der Waals surface area contributed by atoms with Gasteiger partial charge >= 0.3 is 0 Å². The molecule has 1 saturated heterocycles. The Morgan fingerprint density at radius 2 is 2.11 bits per heavy atom. The number of nitrogens with zero attached hydrogens (tertiary/aromatic N) is 1. The molecule has 18 heavy (non-hydrogen) atoms. The van der Waals surface area contributed by atoms with Gasteiger partial charge in [0.05, 0.1) is 11.5 Å². The van der Waals surface area contributed by atoms with Crippen LogP contribution in [-0.2, 0) is 9.59 Å². The van der Waals surface area contributed by atoms with Crippen LogP contribution in [0.1, 0.15) is 34.1 Å². The Labute approximate surface area is 109 Å². The molecule has 5 heteroatoms. The van der Waals surface area contributed by atoms with Crippen molar-refractivity contribution in [2.24, 2.45) is 11.8 Å². The number of nitrogens with one attached hydrogen (secondary N) is 1. The highest BCUT2D eigenvalue weighted by atomic mass is 16.3. The minimum Gasteiger partial charge on any atom is -0.388 e. The van der Waals surface area contributed by atoms with Crippen molar-refractivity contribution in [2.45, 2.75) is 39.7 Å². The lowest BCUT2D eigenvalue weighted by Crippen LogP contribution is -2.46. The van der Waals surface area contributed by atoms with Gasteiger partial charge in [-0.15, -0.1) is 0 Å². The van der Waals surface area contributed by atoms with E-state index in [2.05, 4.69) is 5.32 Å². The topological polar surface area (TPSA) is 69.6 Å². The molecule has 2 N–H and O–H groups in total. The molecule has 1 heterocycles. The first-order chi connectivity index (χ1) is 8.24. The quantitative estimate of drug-likeness (QED) is 0.764. The number of hydrogen-bond acceptors (Lipinski definition) is 3. The average Bonchev–Trinajstić information content (AvgIpc) is 2.75. The van der Waals surface area contributed by atoms with Crippen molar-refractivity contribution in [1.29, 1.82) is 0 Å².